The molecule has 4 nitrogen and oxygen atoms in total. The Kier molecular flexibility index (Phi) is 6.83. The number of rotatable bonds is 10. The van der Waals surface area contributed by atoms with Gasteiger partial charge in [-0.2, -0.15) is 0 Å². The number of benzene rings is 1. The predicted molar refractivity (Wildman–Crippen MR) is 92.2 cm³/mol. The van der Waals surface area contributed by atoms with E-state index in [1.807, 2.05) is 30.3 Å². The molecule has 1 aliphatic heterocycles. The lowest BCUT2D eigenvalue weighted by Crippen LogP contribution is -2.61. The first-order valence-electron chi connectivity index (χ1n) is 9.07. The number of hydrogen-bond donors (Lipinski definition) is 0. The van der Waals surface area contributed by atoms with Gasteiger partial charge in [0.1, 0.15) is 12.7 Å². The molecule has 2 rings (SSSR count). The molecule has 0 amide bonds. The van der Waals surface area contributed by atoms with Crippen molar-refractivity contribution in [3.8, 4) is 0 Å². The highest BCUT2D eigenvalue weighted by molar-refractivity contribution is 6.04. The molecule has 1 heterocycles. The second kappa shape index (κ2) is 8.86. The van der Waals surface area contributed by atoms with Crippen molar-refractivity contribution in [1.29, 1.82) is 0 Å². The van der Waals surface area contributed by atoms with Crippen LogP contribution >= 0.6 is 0 Å². The monoisotopic (exact) mass is 332 g/mol. The van der Waals surface area contributed by atoms with Gasteiger partial charge in [-0.05, 0) is 24.8 Å². The number of carbonyl (C=O) groups excluding carboxylic acids is 2. The van der Waals surface area contributed by atoms with Crippen LogP contribution in [0, 0.1) is 5.41 Å². The van der Waals surface area contributed by atoms with E-state index in [0.29, 0.717) is 6.42 Å². The molecule has 0 aromatic heterocycles. The maximum Gasteiger partial charge on any atom is 0.327 e. The third kappa shape index (κ3) is 3.97. The average Bonchev–Trinajstić information content (AvgIpc) is 2.60. The molecule has 1 aliphatic rings. The minimum Gasteiger partial charge on any atom is -0.460 e. The second-order valence-corrected chi connectivity index (χ2v) is 6.53. The van der Waals surface area contributed by atoms with E-state index >= 15 is 0 Å². The van der Waals surface area contributed by atoms with E-state index in [-0.39, 0.29) is 12.7 Å². The van der Waals surface area contributed by atoms with Crippen LogP contribution in [0.2, 0.25) is 0 Å². The first-order valence-corrected chi connectivity index (χ1v) is 9.07. The highest BCUT2D eigenvalue weighted by Gasteiger charge is 2.63. The Bertz CT molecular complexity index is 540. The van der Waals surface area contributed by atoms with Crippen LogP contribution in [-0.2, 0) is 25.7 Å². The van der Waals surface area contributed by atoms with Gasteiger partial charge >= 0.3 is 11.9 Å². The molecule has 24 heavy (non-hydrogen) atoms. The quantitative estimate of drug-likeness (QED) is 0.362. The molecule has 0 bridgehead atoms. The van der Waals surface area contributed by atoms with Gasteiger partial charge < -0.3 is 9.47 Å². The lowest BCUT2D eigenvalue weighted by Gasteiger charge is -2.44. The van der Waals surface area contributed by atoms with Crippen LogP contribution in [0.15, 0.2) is 30.3 Å². The van der Waals surface area contributed by atoms with Crippen LogP contribution in [-0.4, -0.2) is 18.0 Å². The molecular formula is C20H28O4. The maximum atomic E-state index is 12.8. The van der Waals surface area contributed by atoms with Crippen LogP contribution in [0.5, 0.6) is 0 Å². The number of ether oxygens (including phenoxy) is 2. The Hall–Kier alpha value is -1.84. The third-order valence-corrected chi connectivity index (χ3v) is 4.73. The van der Waals surface area contributed by atoms with Crippen LogP contribution in [0.25, 0.3) is 0 Å². The Morgan fingerprint density at radius 2 is 1.83 bits per heavy atom. The fraction of sp³-hybridized carbons (Fsp3) is 0.600. The van der Waals surface area contributed by atoms with E-state index in [1.165, 1.54) is 0 Å². The minimum absolute atomic E-state index is 0.197. The molecule has 0 spiro atoms. The van der Waals surface area contributed by atoms with E-state index in [4.69, 9.17) is 9.47 Å². The van der Waals surface area contributed by atoms with E-state index in [9.17, 15) is 9.59 Å². The van der Waals surface area contributed by atoms with E-state index < -0.39 is 17.4 Å². The fourth-order valence-electron chi connectivity index (χ4n) is 3.18. The fourth-order valence-corrected chi connectivity index (χ4v) is 3.18. The summed E-state index contributed by atoms with van der Waals surface area (Å²) in [7, 11) is 0. The van der Waals surface area contributed by atoms with Gasteiger partial charge in [0, 0.05) is 0 Å². The molecule has 0 N–H and O–H groups in total. The van der Waals surface area contributed by atoms with Crippen molar-refractivity contribution < 1.29 is 19.1 Å². The molecule has 1 aromatic rings. The van der Waals surface area contributed by atoms with Gasteiger partial charge in [-0.3, -0.25) is 9.59 Å². The molecular weight excluding hydrogens is 304 g/mol. The molecule has 132 valence electrons. The summed E-state index contributed by atoms with van der Waals surface area (Å²) in [5, 5.41) is 0. The number of unbranched alkanes of at least 4 members (excludes halogenated alkanes) is 3. The van der Waals surface area contributed by atoms with E-state index in [1.54, 1.807) is 0 Å². The van der Waals surface area contributed by atoms with E-state index in [0.717, 1.165) is 44.1 Å². The molecule has 0 radical (unpaired) electrons. The average molecular weight is 332 g/mol. The minimum atomic E-state index is -1.08. The summed E-state index contributed by atoms with van der Waals surface area (Å²) >= 11 is 0. The Balaban J connectivity index is 2.04. The van der Waals surface area contributed by atoms with Gasteiger partial charge in [0.25, 0.3) is 0 Å². The van der Waals surface area contributed by atoms with E-state index in [2.05, 4.69) is 13.8 Å². The van der Waals surface area contributed by atoms with Crippen molar-refractivity contribution in [3.05, 3.63) is 35.9 Å². The van der Waals surface area contributed by atoms with Crippen molar-refractivity contribution in [1.82, 2.24) is 0 Å². The molecule has 1 fully saturated rings. The summed E-state index contributed by atoms with van der Waals surface area (Å²) in [5.41, 5.74) is -0.162. The number of carbonyl (C=O) groups is 2. The van der Waals surface area contributed by atoms with Gasteiger partial charge in [-0.25, -0.2) is 0 Å². The standard InChI is InChI=1S/C20H28O4/c1-3-5-8-13-17-20(14-6-4-2,19(22)24-17)18(21)23-15-16-11-9-7-10-12-16/h7,9-12,17H,3-6,8,13-15H2,1-2H3/t17-,20-/m0/s1. The molecule has 0 aliphatic carbocycles. The summed E-state index contributed by atoms with van der Waals surface area (Å²) in [6, 6.07) is 9.54. The molecule has 0 saturated carbocycles. The summed E-state index contributed by atoms with van der Waals surface area (Å²) in [6.45, 7) is 4.38. The normalized spacial score (nSPS) is 22.6. The predicted octanol–water partition coefficient (Wildman–Crippen LogP) is 4.41. The molecule has 1 saturated heterocycles. The van der Waals surface area contributed by atoms with Crippen LogP contribution < -0.4 is 0 Å². The van der Waals surface area contributed by atoms with Gasteiger partial charge in [0.15, 0.2) is 0 Å². The lowest BCUT2D eigenvalue weighted by atomic mass is 9.71. The van der Waals surface area contributed by atoms with Gasteiger partial charge in [-0.1, -0.05) is 69.9 Å². The summed E-state index contributed by atoms with van der Waals surface area (Å²) < 4.78 is 10.8. The number of hydrogen-bond acceptors (Lipinski definition) is 4. The zero-order chi connectivity index (χ0) is 17.4. The van der Waals surface area contributed by atoms with Crippen molar-refractivity contribution in [2.24, 2.45) is 5.41 Å². The number of cyclic esters (lactones) is 1. The Morgan fingerprint density at radius 1 is 1.12 bits per heavy atom. The summed E-state index contributed by atoms with van der Waals surface area (Å²) in [5.74, 6) is -0.826. The second-order valence-electron chi connectivity index (χ2n) is 6.53. The van der Waals surface area contributed by atoms with Crippen molar-refractivity contribution in [2.75, 3.05) is 0 Å². The first kappa shape index (κ1) is 18.5. The summed E-state index contributed by atoms with van der Waals surface area (Å²) in [6.07, 6.45) is 5.83. The van der Waals surface area contributed by atoms with Crippen molar-refractivity contribution in [2.45, 2.75) is 71.5 Å². The van der Waals surface area contributed by atoms with Crippen LogP contribution in [0.3, 0.4) is 0 Å². The molecule has 2 atom stereocenters. The van der Waals surface area contributed by atoms with Crippen molar-refractivity contribution in [3.63, 3.8) is 0 Å². The molecule has 1 aromatic carbocycles. The molecule has 0 unspecified atom stereocenters. The van der Waals surface area contributed by atoms with Gasteiger partial charge in [0.2, 0.25) is 5.41 Å². The highest BCUT2D eigenvalue weighted by atomic mass is 16.6. The van der Waals surface area contributed by atoms with Crippen molar-refractivity contribution >= 4 is 11.9 Å². The zero-order valence-corrected chi connectivity index (χ0v) is 14.8. The third-order valence-electron chi connectivity index (χ3n) is 4.73. The smallest absolute Gasteiger partial charge is 0.327 e. The lowest BCUT2D eigenvalue weighted by molar-refractivity contribution is -0.220. The Labute approximate surface area is 144 Å². The van der Waals surface area contributed by atoms with Gasteiger partial charge in [-0.15, -0.1) is 0 Å². The maximum absolute atomic E-state index is 12.8. The molecule has 4 heteroatoms. The van der Waals surface area contributed by atoms with Crippen LogP contribution in [0.1, 0.15) is 64.4 Å². The Morgan fingerprint density at radius 3 is 2.46 bits per heavy atom. The van der Waals surface area contributed by atoms with Gasteiger partial charge in [0.05, 0.1) is 0 Å². The van der Waals surface area contributed by atoms with Crippen LogP contribution in [0.4, 0.5) is 0 Å². The first-order chi connectivity index (χ1) is 11.6. The number of esters is 2. The largest absolute Gasteiger partial charge is 0.460 e. The highest BCUT2D eigenvalue weighted by Crippen LogP contribution is 2.45. The summed E-state index contributed by atoms with van der Waals surface area (Å²) in [4.78, 5) is 25.0. The topological polar surface area (TPSA) is 52.6 Å². The SMILES string of the molecule is CCCCC[C@@H]1OC(=O)[C@]1(CCCC)C(=O)OCc1ccccc1. The zero-order valence-electron chi connectivity index (χ0n) is 14.8.